The number of benzene rings is 2. The molecule has 2 aromatic rings. The van der Waals surface area contributed by atoms with Crippen LogP contribution in [0.2, 0.25) is 0 Å². The maximum atomic E-state index is 13.2. The number of carbonyl (C=O) groups excluding carboxylic acids is 1. The van der Waals surface area contributed by atoms with Gasteiger partial charge >= 0.3 is 0 Å². The topological polar surface area (TPSA) is 75.3 Å². The second-order valence-electron chi connectivity index (χ2n) is 6.56. The van der Waals surface area contributed by atoms with Crippen LogP contribution in [0.25, 0.3) is 0 Å². The van der Waals surface area contributed by atoms with Gasteiger partial charge in [-0.1, -0.05) is 30.7 Å². The van der Waals surface area contributed by atoms with Gasteiger partial charge in [-0.05, 0) is 50.1 Å². The molecular weight excluding hydrogens is 355 g/mol. The quantitative estimate of drug-likeness (QED) is 0.803. The van der Waals surface area contributed by atoms with Crippen molar-refractivity contribution in [1.82, 2.24) is 0 Å². The van der Waals surface area contributed by atoms with Crippen molar-refractivity contribution in [2.45, 2.75) is 27.7 Å². The summed E-state index contributed by atoms with van der Waals surface area (Å²) in [4.78, 5) is 12.4. The van der Waals surface area contributed by atoms with E-state index in [0.717, 1.165) is 22.8 Å². The van der Waals surface area contributed by atoms with Crippen LogP contribution >= 0.6 is 0 Å². The summed E-state index contributed by atoms with van der Waals surface area (Å²) in [6.07, 6.45) is 0. The molecule has 0 aliphatic rings. The standard InChI is InChI=1S/C19H23FN2O3S/c1-12-8-13(2)18(14(3)9-12)21-19(23)15(4)11-26(24,25)22-17-7-5-6-16(20)10-17/h5-10,15,22H,11H2,1-4H3,(H,21,23). The van der Waals surface area contributed by atoms with E-state index in [1.165, 1.54) is 18.2 Å². The second kappa shape index (κ2) is 7.86. The lowest BCUT2D eigenvalue weighted by atomic mass is 10.0. The van der Waals surface area contributed by atoms with Gasteiger partial charge in [0.05, 0.1) is 17.4 Å². The van der Waals surface area contributed by atoms with Crippen LogP contribution in [0, 0.1) is 32.5 Å². The molecule has 0 heterocycles. The van der Waals surface area contributed by atoms with Crippen LogP contribution < -0.4 is 10.0 Å². The van der Waals surface area contributed by atoms with E-state index in [2.05, 4.69) is 10.0 Å². The Morgan fingerprint density at radius 1 is 1.12 bits per heavy atom. The van der Waals surface area contributed by atoms with E-state index in [9.17, 15) is 17.6 Å². The molecule has 2 aromatic carbocycles. The fraction of sp³-hybridized carbons (Fsp3) is 0.316. The molecule has 1 atom stereocenters. The van der Waals surface area contributed by atoms with Crippen molar-refractivity contribution in [2.24, 2.45) is 5.92 Å². The third-order valence-electron chi connectivity index (χ3n) is 3.94. The van der Waals surface area contributed by atoms with Crippen molar-refractivity contribution in [2.75, 3.05) is 15.8 Å². The van der Waals surface area contributed by atoms with Gasteiger partial charge in [-0.25, -0.2) is 12.8 Å². The summed E-state index contributed by atoms with van der Waals surface area (Å²) < 4.78 is 40.0. The van der Waals surface area contributed by atoms with Crippen molar-refractivity contribution in [3.05, 3.63) is 58.9 Å². The minimum absolute atomic E-state index is 0.128. The van der Waals surface area contributed by atoms with Gasteiger partial charge in [0.25, 0.3) is 0 Å². The lowest BCUT2D eigenvalue weighted by Gasteiger charge is -2.17. The molecule has 0 spiro atoms. The number of anilines is 2. The zero-order chi connectivity index (χ0) is 19.5. The number of halogens is 1. The summed E-state index contributed by atoms with van der Waals surface area (Å²) in [7, 11) is -3.79. The molecule has 26 heavy (non-hydrogen) atoms. The molecule has 0 fully saturated rings. The Morgan fingerprint density at radius 3 is 2.31 bits per heavy atom. The van der Waals surface area contributed by atoms with Crippen LogP contribution in [-0.4, -0.2) is 20.1 Å². The average molecular weight is 378 g/mol. The number of amides is 1. The normalized spacial score (nSPS) is 12.5. The van der Waals surface area contributed by atoms with Gasteiger partial charge in [0.2, 0.25) is 15.9 Å². The molecule has 0 aliphatic heterocycles. The van der Waals surface area contributed by atoms with Crippen LogP contribution in [-0.2, 0) is 14.8 Å². The molecule has 0 saturated heterocycles. The number of sulfonamides is 1. The van der Waals surface area contributed by atoms with Crippen molar-refractivity contribution < 1.29 is 17.6 Å². The summed E-state index contributed by atoms with van der Waals surface area (Å²) in [5.74, 6) is -2.11. The van der Waals surface area contributed by atoms with E-state index in [4.69, 9.17) is 0 Å². The van der Waals surface area contributed by atoms with E-state index in [1.807, 2.05) is 32.9 Å². The molecule has 1 amide bonds. The first-order chi connectivity index (χ1) is 12.1. The zero-order valence-electron chi connectivity index (χ0n) is 15.3. The summed E-state index contributed by atoms with van der Waals surface area (Å²) in [6.45, 7) is 7.29. The summed E-state index contributed by atoms with van der Waals surface area (Å²) in [5.41, 5.74) is 3.76. The van der Waals surface area contributed by atoms with E-state index < -0.39 is 27.5 Å². The van der Waals surface area contributed by atoms with Crippen LogP contribution in [0.4, 0.5) is 15.8 Å². The van der Waals surface area contributed by atoms with E-state index in [-0.39, 0.29) is 11.6 Å². The Hall–Kier alpha value is -2.41. The molecule has 0 radical (unpaired) electrons. The molecule has 0 bridgehead atoms. The first-order valence-corrected chi connectivity index (χ1v) is 9.87. The Morgan fingerprint density at radius 2 is 1.73 bits per heavy atom. The minimum atomic E-state index is -3.79. The fourth-order valence-corrected chi connectivity index (χ4v) is 4.18. The number of nitrogens with one attached hydrogen (secondary N) is 2. The molecule has 5 nitrogen and oxygen atoms in total. The average Bonchev–Trinajstić information content (AvgIpc) is 2.49. The summed E-state index contributed by atoms with van der Waals surface area (Å²) in [6, 6.07) is 9.07. The van der Waals surface area contributed by atoms with Gasteiger partial charge in [0.1, 0.15) is 5.82 Å². The molecule has 2 rings (SSSR count). The van der Waals surface area contributed by atoms with Gasteiger partial charge in [-0.2, -0.15) is 0 Å². The van der Waals surface area contributed by atoms with Gasteiger partial charge in [0, 0.05) is 5.69 Å². The molecule has 140 valence electrons. The van der Waals surface area contributed by atoms with Crippen molar-refractivity contribution >= 4 is 27.3 Å². The lowest BCUT2D eigenvalue weighted by Crippen LogP contribution is -2.30. The van der Waals surface area contributed by atoms with Crippen LogP contribution in [0.15, 0.2) is 36.4 Å². The molecule has 0 saturated carbocycles. The molecule has 0 aromatic heterocycles. The predicted octanol–water partition coefficient (Wildman–Crippen LogP) is 3.77. The first kappa shape index (κ1) is 19.9. The Bertz CT molecular complexity index is 903. The molecule has 0 aliphatic carbocycles. The zero-order valence-corrected chi connectivity index (χ0v) is 16.1. The van der Waals surface area contributed by atoms with Crippen LogP contribution in [0.5, 0.6) is 0 Å². The molecular formula is C19H23FN2O3S. The third-order valence-corrected chi connectivity index (χ3v) is 5.43. The van der Waals surface area contributed by atoms with Gasteiger partial charge < -0.3 is 5.32 Å². The maximum absolute atomic E-state index is 13.2. The highest BCUT2D eigenvalue weighted by Crippen LogP contribution is 2.23. The molecule has 2 N–H and O–H groups in total. The number of rotatable bonds is 6. The Labute approximate surface area is 153 Å². The third kappa shape index (κ3) is 5.29. The van der Waals surface area contributed by atoms with Gasteiger partial charge in [-0.15, -0.1) is 0 Å². The summed E-state index contributed by atoms with van der Waals surface area (Å²) in [5, 5.41) is 2.81. The van der Waals surface area contributed by atoms with Crippen molar-refractivity contribution in [1.29, 1.82) is 0 Å². The number of carbonyl (C=O) groups is 1. The number of aryl methyl sites for hydroxylation is 3. The Balaban J connectivity index is 2.06. The highest BCUT2D eigenvalue weighted by atomic mass is 32.2. The minimum Gasteiger partial charge on any atom is -0.325 e. The first-order valence-electron chi connectivity index (χ1n) is 8.22. The monoisotopic (exact) mass is 378 g/mol. The van der Waals surface area contributed by atoms with E-state index >= 15 is 0 Å². The van der Waals surface area contributed by atoms with E-state index in [0.29, 0.717) is 5.69 Å². The van der Waals surface area contributed by atoms with E-state index in [1.54, 1.807) is 6.92 Å². The SMILES string of the molecule is Cc1cc(C)c(NC(=O)C(C)CS(=O)(=O)Nc2cccc(F)c2)c(C)c1. The molecule has 1 unspecified atom stereocenters. The van der Waals surface area contributed by atoms with Crippen LogP contribution in [0.3, 0.4) is 0 Å². The number of hydrogen-bond acceptors (Lipinski definition) is 3. The lowest BCUT2D eigenvalue weighted by molar-refractivity contribution is -0.118. The highest BCUT2D eigenvalue weighted by molar-refractivity contribution is 7.92. The Kier molecular flexibility index (Phi) is 6.02. The largest absolute Gasteiger partial charge is 0.325 e. The smallest absolute Gasteiger partial charge is 0.233 e. The highest BCUT2D eigenvalue weighted by Gasteiger charge is 2.22. The second-order valence-corrected chi connectivity index (χ2v) is 8.32. The van der Waals surface area contributed by atoms with Crippen molar-refractivity contribution in [3.8, 4) is 0 Å². The van der Waals surface area contributed by atoms with Gasteiger partial charge in [0.15, 0.2) is 0 Å². The van der Waals surface area contributed by atoms with Crippen molar-refractivity contribution in [3.63, 3.8) is 0 Å². The summed E-state index contributed by atoms with van der Waals surface area (Å²) >= 11 is 0. The maximum Gasteiger partial charge on any atom is 0.233 e. The predicted molar refractivity (Wildman–Crippen MR) is 102 cm³/mol. The van der Waals surface area contributed by atoms with Crippen LogP contribution in [0.1, 0.15) is 23.6 Å². The number of hydrogen-bond donors (Lipinski definition) is 2. The molecule has 7 heteroatoms. The fourth-order valence-electron chi connectivity index (χ4n) is 2.80. The van der Waals surface area contributed by atoms with Gasteiger partial charge in [-0.3, -0.25) is 9.52 Å².